The standard InChI is InChI=1S/C4H11NO.C3H9NO/c1-4(2,6)3-5;1-3(5)4-2/h6H,3,5H2,1-2H3;3-5H,1-2H3. The van der Waals surface area contributed by atoms with Crippen LogP contribution >= 0.6 is 0 Å². The van der Waals surface area contributed by atoms with Crippen molar-refractivity contribution in [1.82, 2.24) is 5.32 Å². The summed E-state index contributed by atoms with van der Waals surface area (Å²) in [5.74, 6) is 0. The Morgan fingerprint density at radius 1 is 1.55 bits per heavy atom. The Morgan fingerprint density at radius 3 is 1.73 bits per heavy atom. The largest absolute Gasteiger partial charge is 0.389 e. The van der Waals surface area contributed by atoms with Crippen molar-refractivity contribution in [3.05, 3.63) is 0 Å². The zero-order valence-corrected chi connectivity index (χ0v) is 7.76. The van der Waals surface area contributed by atoms with Crippen molar-refractivity contribution < 1.29 is 10.2 Å². The summed E-state index contributed by atoms with van der Waals surface area (Å²) in [6, 6.07) is 0. The Bertz CT molecular complexity index is 79.0. The Labute approximate surface area is 68.4 Å². The molecule has 0 fully saturated rings. The minimum absolute atomic E-state index is 0.326. The number of hydrogen-bond donors (Lipinski definition) is 4. The minimum Gasteiger partial charge on any atom is -0.389 e. The van der Waals surface area contributed by atoms with Crippen LogP contribution in [0.3, 0.4) is 0 Å². The zero-order valence-electron chi connectivity index (χ0n) is 7.76. The van der Waals surface area contributed by atoms with Crippen molar-refractivity contribution >= 4 is 0 Å². The van der Waals surface area contributed by atoms with Crippen LogP contribution in [0.4, 0.5) is 0 Å². The van der Waals surface area contributed by atoms with Gasteiger partial charge in [-0.1, -0.05) is 0 Å². The highest BCUT2D eigenvalue weighted by atomic mass is 16.3. The Hall–Kier alpha value is -0.160. The summed E-state index contributed by atoms with van der Waals surface area (Å²) in [5, 5.41) is 19.5. The van der Waals surface area contributed by atoms with Crippen molar-refractivity contribution in [2.24, 2.45) is 5.73 Å². The molecule has 0 aromatic heterocycles. The second kappa shape index (κ2) is 6.54. The molecule has 70 valence electrons. The molecule has 4 nitrogen and oxygen atoms in total. The lowest BCUT2D eigenvalue weighted by atomic mass is 10.1. The summed E-state index contributed by atoms with van der Waals surface area (Å²) in [5.41, 5.74) is 4.38. The van der Waals surface area contributed by atoms with Crippen molar-refractivity contribution in [2.75, 3.05) is 13.6 Å². The topological polar surface area (TPSA) is 78.5 Å². The number of nitrogens with two attached hydrogens (primary N) is 1. The molecule has 5 N–H and O–H groups in total. The molecule has 11 heavy (non-hydrogen) atoms. The average Bonchev–Trinajstić information content (AvgIpc) is 1.88. The van der Waals surface area contributed by atoms with E-state index in [2.05, 4.69) is 5.32 Å². The predicted octanol–water partition coefficient (Wildman–Crippen LogP) is -0.740. The van der Waals surface area contributed by atoms with Crippen molar-refractivity contribution in [1.29, 1.82) is 0 Å². The molecule has 0 saturated heterocycles. The molecule has 0 aromatic rings. The van der Waals surface area contributed by atoms with Gasteiger partial charge in [-0.15, -0.1) is 0 Å². The van der Waals surface area contributed by atoms with E-state index in [1.54, 1.807) is 27.8 Å². The van der Waals surface area contributed by atoms with Gasteiger partial charge in [-0.25, -0.2) is 0 Å². The Morgan fingerprint density at radius 2 is 1.73 bits per heavy atom. The Kier molecular flexibility index (Phi) is 7.99. The third-order valence-electron chi connectivity index (χ3n) is 0.917. The van der Waals surface area contributed by atoms with Crippen LogP contribution in [0.15, 0.2) is 0 Å². The van der Waals surface area contributed by atoms with Crippen LogP contribution in [0.2, 0.25) is 0 Å². The quantitative estimate of drug-likeness (QED) is 0.405. The lowest BCUT2D eigenvalue weighted by molar-refractivity contribution is 0.0898. The average molecular weight is 164 g/mol. The molecule has 0 amide bonds. The fraction of sp³-hybridized carbons (Fsp3) is 1.00. The van der Waals surface area contributed by atoms with E-state index in [4.69, 9.17) is 15.9 Å². The summed E-state index contributed by atoms with van der Waals surface area (Å²) in [6.45, 7) is 5.34. The van der Waals surface area contributed by atoms with Gasteiger partial charge in [0.25, 0.3) is 0 Å². The molecule has 0 aliphatic carbocycles. The van der Waals surface area contributed by atoms with Crippen LogP contribution in [-0.4, -0.2) is 35.6 Å². The van der Waals surface area contributed by atoms with Gasteiger partial charge in [-0.2, -0.15) is 0 Å². The van der Waals surface area contributed by atoms with E-state index in [-0.39, 0.29) is 6.23 Å². The van der Waals surface area contributed by atoms with Crippen LogP contribution in [0.1, 0.15) is 20.8 Å². The zero-order chi connectivity index (χ0) is 9.49. The number of aliphatic hydroxyl groups is 2. The van der Waals surface area contributed by atoms with Gasteiger partial charge in [0.1, 0.15) is 6.23 Å². The van der Waals surface area contributed by atoms with E-state index in [1.807, 2.05) is 0 Å². The van der Waals surface area contributed by atoms with Gasteiger partial charge in [-0.3, -0.25) is 5.32 Å². The molecule has 0 rings (SSSR count). The summed E-state index contributed by atoms with van der Waals surface area (Å²) >= 11 is 0. The summed E-state index contributed by atoms with van der Waals surface area (Å²) in [4.78, 5) is 0. The van der Waals surface area contributed by atoms with Crippen LogP contribution in [0.5, 0.6) is 0 Å². The smallest absolute Gasteiger partial charge is 0.101 e. The summed E-state index contributed by atoms with van der Waals surface area (Å²) in [6.07, 6.45) is -0.366. The molecule has 1 atom stereocenters. The summed E-state index contributed by atoms with van der Waals surface area (Å²) in [7, 11) is 1.70. The predicted molar refractivity (Wildman–Crippen MR) is 46.1 cm³/mol. The van der Waals surface area contributed by atoms with Crippen molar-refractivity contribution in [3.63, 3.8) is 0 Å². The first kappa shape index (κ1) is 13.4. The fourth-order valence-electron chi connectivity index (χ4n) is 0. The van der Waals surface area contributed by atoms with Crippen LogP contribution in [0.25, 0.3) is 0 Å². The molecule has 0 saturated carbocycles. The maximum Gasteiger partial charge on any atom is 0.101 e. The van der Waals surface area contributed by atoms with Gasteiger partial charge >= 0.3 is 0 Å². The molecule has 0 aromatic carbocycles. The second-order valence-electron chi connectivity index (χ2n) is 2.98. The SMILES string of the molecule is CC(C)(O)CN.CNC(C)O. The number of nitrogens with one attached hydrogen (secondary N) is 1. The maximum atomic E-state index is 8.70. The van der Waals surface area contributed by atoms with Gasteiger partial charge in [-0.05, 0) is 27.8 Å². The number of hydrogen-bond acceptors (Lipinski definition) is 4. The highest BCUT2D eigenvalue weighted by molar-refractivity contribution is 4.63. The molecule has 0 aliphatic rings. The molecule has 1 unspecified atom stereocenters. The molecule has 0 heterocycles. The van der Waals surface area contributed by atoms with E-state index < -0.39 is 5.60 Å². The molecule has 4 heteroatoms. The van der Waals surface area contributed by atoms with E-state index in [0.717, 1.165) is 0 Å². The van der Waals surface area contributed by atoms with E-state index in [1.165, 1.54) is 0 Å². The second-order valence-corrected chi connectivity index (χ2v) is 2.98. The third kappa shape index (κ3) is 25.8. The van der Waals surface area contributed by atoms with Crippen molar-refractivity contribution in [2.45, 2.75) is 32.6 Å². The van der Waals surface area contributed by atoms with Gasteiger partial charge in [0.15, 0.2) is 0 Å². The highest BCUT2D eigenvalue weighted by Crippen LogP contribution is 1.93. The van der Waals surface area contributed by atoms with Crippen molar-refractivity contribution in [3.8, 4) is 0 Å². The van der Waals surface area contributed by atoms with Gasteiger partial charge in [0, 0.05) is 6.54 Å². The first-order chi connectivity index (χ1) is 4.83. The third-order valence-corrected chi connectivity index (χ3v) is 0.917. The lowest BCUT2D eigenvalue weighted by Gasteiger charge is -2.11. The molecule has 0 radical (unpaired) electrons. The minimum atomic E-state index is -0.681. The number of aliphatic hydroxyl groups excluding tert-OH is 1. The monoisotopic (exact) mass is 164 g/mol. The van der Waals surface area contributed by atoms with Gasteiger partial charge < -0.3 is 15.9 Å². The van der Waals surface area contributed by atoms with Crippen LogP contribution in [-0.2, 0) is 0 Å². The number of rotatable bonds is 2. The van der Waals surface area contributed by atoms with Gasteiger partial charge in [0.05, 0.1) is 5.60 Å². The lowest BCUT2D eigenvalue weighted by Crippen LogP contribution is -2.29. The summed E-state index contributed by atoms with van der Waals surface area (Å²) < 4.78 is 0. The first-order valence-corrected chi connectivity index (χ1v) is 3.61. The van der Waals surface area contributed by atoms with E-state index >= 15 is 0 Å². The molecular formula is C7H20N2O2. The highest BCUT2D eigenvalue weighted by Gasteiger charge is 2.06. The van der Waals surface area contributed by atoms with Crippen LogP contribution < -0.4 is 11.1 Å². The normalized spacial score (nSPS) is 13.4. The van der Waals surface area contributed by atoms with E-state index in [9.17, 15) is 0 Å². The molecular weight excluding hydrogens is 144 g/mol. The molecule has 0 aliphatic heterocycles. The van der Waals surface area contributed by atoms with Gasteiger partial charge in [0.2, 0.25) is 0 Å². The fourth-order valence-corrected chi connectivity index (χ4v) is 0. The molecule has 0 bridgehead atoms. The molecule has 0 spiro atoms. The Balaban J connectivity index is 0. The van der Waals surface area contributed by atoms with Crippen LogP contribution in [0, 0.1) is 0 Å². The maximum absolute atomic E-state index is 8.70. The van der Waals surface area contributed by atoms with E-state index in [0.29, 0.717) is 6.54 Å². The first-order valence-electron chi connectivity index (χ1n) is 3.61.